The fourth-order valence-electron chi connectivity index (χ4n) is 2.51. The molecule has 3 N–H and O–H groups in total. The molecule has 1 atom stereocenters. The van der Waals surface area contributed by atoms with Crippen molar-refractivity contribution < 1.29 is 29.0 Å². The van der Waals surface area contributed by atoms with Crippen LogP contribution in [0.3, 0.4) is 0 Å². The number of unbranched alkanes of at least 4 members (excludes halogenated alkanes) is 2. The van der Waals surface area contributed by atoms with E-state index in [4.69, 9.17) is 9.84 Å². The number of hydrogen-bond donors (Lipinski definition) is 3. The maximum absolute atomic E-state index is 12.2. The molecule has 0 aromatic rings. The predicted molar refractivity (Wildman–Crippen MR) is 106 cm³/mol. The first-order valence-electron chi connectivity index (χ1n) is 9.91. The van der Waals surface area contributed by atoms with E-state index in [1.54, 1.807) is 20.8 Å². The number of hydrogen-bond acceptors (Lipinski definition) is 5. The molecule has 0 heterocycles. The van der Waals surface area contributed by atoms with Gasteiger partial charge in [0.05, 0.1) is 12.5 Å². The molecule has 8 nitrogen and oxygen atoms in total. The topological polar surface area (TPSA) is 122 Å². The zero-order valence-corrected chi connectivity index (χ0v) is 17.8. The first kappa shape index (κ1) is 25.9. The number of ether oxygens (including phenoxy) is 1. The van der Waals surface area contributed by atoms with Gasteiger partial charge in [-0.15, -0.1) is 0 Å². The number of carboxylic acids is 1. The van der Waals surface area contributed by atoms with E-state index in [9.17, 15) is 19.2 Å². The van der Waals surface area contributed by atoms with Crippen molar-refractivity contribution in [3.05, 3.63) is 0 Å². The predicted octanol–water partition coefficient (Wildman–Crippen LogP) is 3.04. The molecule has 28 heavy (non-hydrogen) atoms. The second-order valence-electron chi connectivity index (χ2n) is 8.35. The standard InChI is InChI=1S/C20H36N2O6/c1-14(2)13-15(16(23)10-11-18(25)26)22-17(24)9-7-6-8-12-21-19(27)28-20(3,4)5/h14-15H,6-13H2,1-5H3,(H,21,27)(H,22,24)(H,25,26)/t15-/m0/s1. The summed E-state index contributed by atoms with van der Waals surface area (Å²) >= 11 is 0. The van der Waals surface area contributed by atoms with Gasteiger partial charge >= 0.3 is 12.1 Å². The van der Waals surface area contributed by atoms with Gasteiger partial charge in [0.2, 0.25) is 5.91 Å². The van der Waals surface area contributed by atoms with Crippen molar-refractivity contribution in [2.75, 3.05) is 6.54 Å². The molecule has 2 amide bonds. The van der Waals surface area contributed by atoms with Gasteiger partial charge in [-0.2, -0.15) is 0 Å². The molecule has 0 spiro atoms. The smallest absolute Gasteiger partial charge is 0.407 e. The van der Waals surface area contributed by atoms with Crippen molar-refractivity contribution in [3.8, 4) is 0 Å². The molecule has 0 aromatic carbocycles. The molecule has 8 heteroatoms. The number of aliphatic carboxylic acids is 1. The van der Waals surface area contributed by atoms with Crippen LogP contribution in [0.25, 0.3) is 0 Å². The number of carbonyl (C=O) groups is 4. The summed E-state index contributed by atoms with van der Waals surface area (Å²) in [6.45, 7) is 9.75. The van der Waals surface area contributed by atoms with E-state index < -0.39 is 23.7 Å². The molecule has 0 aromatic heterocycles. The first-order chi connectivity index (χ1) is 12.9. The minimum absolute atomic E-state index is 0.0800. The highest BCUT2D eigenvalue weighted by atomic mass is 16.6. The van der Waals surface area contributed by atoms with Gasteiger partial charge in [0, 0.05) is 19.4 Å². The van der Waals surface area contributed by atoms with Crippen molar-refractivity contribution in [1.82, 2.24) is 10.6 Å². The molecular weight excluding hydrogens is 364 g/mol. The Balaban J connectivity index is 4.12. The Labute approximate surface area is 167 Å². The summed E-state index contributed by atoms with van der Waals surface area (Å²) in [7, 11) is 0. The Hall–Kier alpha value is -2.12. The van der Waals surface area contributed by atoms with Crippen LogP contribution in [0.2, 0.25) is 0 Å². The number of amides is 2. The highest BCUT2D eigenvalue weighted by Crippen LogP contribution is 2.10. The van der Waals surface area contributed by atoms with Crippen LogP contribution >= 0.6 is 0 Å². The van der Waals surface area contributed by atoms with E-state index in [2.05, 4.69) is 10.6 Å². The van der Waals surface area contributed by atoms with Crippen LogP contribution in [-0.4, -0.2) is 47.0 Å². The number of carboxylic acid groups (broad SMARTS) is 1. The van der Waals surface area contributed by atoms with Gasteiger partial charge in [-0.25, -0.2) is 4.79 Å². The Morgan fingerprint density at radius 3 is 2.14 bits per heavy atom. The van der Waals surface area contributed by atoms with Crippen LogP contribution in [0.4, 0.5) is 4.79 Å². The minimum Gasteiger partial charge on any atom is -0.481 e. The van der Waals surface area contributed by atoms with Gasteiger partial charge in [-0.3, -0.25) is 14.4 Å². The zero-order valence-electron chi connectivity index (χ0n) is 17.8. The molecule has 0 saturated heterocycles. The molecule has 0 bridgehead atoms. The lowest BCUT2D eigenvalue weighted by Gasteiger charge is -2.20. The summed E-state index contributed by atoms with van der Waals surface area (Å²) in [6, 6.07) is -0.638. The Morgan fingerprint density at radius 2 is 1.61 bits per heavy atom. The largest absolute Gasteiger partial charge is 0.481 e. The fourth-order valence-corrected chi connectivity index (χ4v) is 2.51. The molecule has 0 unspecified atom stereocenters. The third-order valence-electron chi connectivity index (χ3n) is 3.77. The van der Waals surface area contributed by atoms with Gasteiger partial charge in [0.15, 0.2) is 5.78 Å². The van der Waals surface area contributed by atoms with Crippen molar-refractivity contribution >= 4 is 23.8 Å². The molecule has 162 valence electrons. The minimum atomic E-state index is -1.03. The van der Waals surface area contributed by atoms with E-state index in [0.29, 0.717) is 19.4 Å². The summed E-state index contributed by atoms with van der Waals surface area (Å²) < 4.78 is 5.13. The lowest BCUT2D eigenvalue weighted by molar-refractivity contribution is -0.139. The van der Waals surface area contributed by atoms with Gasteiger partial charge < -0.3 is 20.5 Å². The second kappa shape index (κ2) is 13.1. The fraction of sp³-hybridized carbons (Fsp3) is 0.800. The van der Waals surface area contributed by atoms with Crippen molar-refractivity contribution in [2.24, 2.45) is 5.92 Å². The first-order valence-corrected chi connectivity index (χ1v) is 9.91. The maximum atomic E-state index is 12.2. The number of nitrogens with one attached hydrogen (secondary N) is 2. The SMILES string of the molecule is CC(C)C[C@H](NC(=O)CCCCCNC(=O)OC(C)(C)C)C(=O)CCC(=O)O. The zero-order chi connectivity index (χ0) is 21.7. The molecule has 0 radical (unpaired) electrons. The lowest BCUT2D eigenvalue weighted by Crippen LogP contribution is -2.41. The van der Waals surface area contributed by atoms with Crippen LogP contribution < -0.4 is 10.6 Å². The maximum Gasteiger partial charge on any atom is 0.407 e. The Morgan fingerprint density at radius 1 is 0.964 bits per heavy atom. The van der Waals surface area contributed by atoms with Gasteiger partial charge in [0.25, 0.3) is 0 Å². The van der Waals surface area contributed by atoms with Gasteiger partial charge in [-0.05, 0) is 46.0 Å². The molecule has 0 saturated carbocycles. The van der Waals surface area contributed by atoms with Crippen LogP contribution in [0, 0.1) is 5.92 Å². The molecule has 0 fully saturated rings. The average molecular weight is 401 g/mol. The summed E-state index contributed by atoms with van der Waals surface area (Å²) in [5.74, 6) is -1.28. The number of Topliss-reactive ketones (excluding diaryl/α,β-unsaturated/α-hetero) is 1. The Bertz CT molecular complexity index is 525. The van der Waals surface area contributed by atoms with E-state index in [1.807, 2.05) is 13.8 Å². The van der Waals surface area contributed by atoms with E-state index >= 15 is 0 Å². The third-order valence-corrected chi connectivity index (χ3v) is 3.77. The molecule has 0 aliphatic heterocycles. The molecule has 0 aliphatic rings. The summed E-state index contributed by atoms with van der Waals surface area (Å²) in [6.07, 6.45) is 2.13. The monoisotopic (exact) mass is 400 g/mol. The summed E-state index contributed by atoms with van der Waals surface area (Å²) in [4.78, 5) is 46.4. The van der Waals surface area contributed by atoms with Crippen molar-refractivity contribution in [1.29, 1.82) is 0 Å². The number of alkyl carbamates (subject to hydrolysis) is 1. The van der Waals surface area contributed by atoms with E-state index in [-0.39, 0.29) is 36.9 Å². The summed E-state index contributed by atoms with van der Waals surface area (Å²) in [5.41, 5.74) is -0.531. The van der Waals surface area contributed by atoms with Crippen LogP contribution in [-0.2, 0) is 19.1 Å². The van der Waals surface area contributed by atoms with Gasteiger partial charge in [0.1, 0.15) is 5.60 Å². The van der Waals surface area contributed by atoms with Crippen molar-refractivity contribution in [3.63, 3.8) is 0 Å². The van der Waals surface area contributed by atoms with Crippen molar-refractivity contribution in [2.45, 2.75) is 91.2 Å². The summed E-state index contributed by atoms with van der Waals surface area (Å²) in [5, 5.41) is 14.1. The quantitative estimate of drug-likeness (QED) is 0.409. The number of rotatable bonds is 13. The Kier molecular flexibility index (Phi) is 12.1. The molecular formula is C20H36N2O6. The number of ketones is 1. The highest BCUT2D eigenvalue weighted by Gasteiger charge is 2.22. The van der Waals surface area contributed by atoms with Crippen LogP contribution in [0.15, 0.2) is 0 Å². The normalized spacial score (nSPS) is 12.4. The van der Waals surface area contributed by atoms with Crippen LogP contribution in [0.5, 0.6) is 0 Å². The third kappa shape index (κ3) is 15.0. The lowest BCUT2D eigenvalue weighted by atomic mass is 9.97. The van der Waals surface area contributed by atoms with Crippen LogP contribution in [0.1, 0.15) is 79.6 Å². The molecule has 0 aliphatic carbocycles. The number of carbonyl (C=O) groups excluding carboxylic acids is 3. The van der Waals surface area contributed by atoms with E-state index in [1.165, 1.54) is 0 Å². The molecule has 0 rings (SSSR count). The van der Waals surface area contributed by atoms with Gasteiger partial charge in [-0.1, -0.05) is 20.3 Å². The van der Waals surface area contributed by atoms with E-state index in [0.717, 1.165) is 12.8 Å². The second-order valence-corrected chi connectivity index (χ2v) is 8.35. The average Bonchev–Trinajstić information content (AvgIpc) is 2.53. The highest BCUT2D eigenvalue weighted by molar-refractivity contribution is 5.90.